The smallest absolute Gasteiger partial charge is 0.134 e. The molecule has 0 aliphatic carbocycles. The molecule has 0 bridgehead atoms. The van der Waals surface area contributed by atoms with Gasteiger partial charge >= 0.3 is 0 Å². The van der Waals surface area contributed by atoms with E-state index in [1.807, 2.05) is 6.08 Å². The standard InChI is InChI=1S/C14H19F2NO/c1-2-3-4-5-6-9-17-11-13(10-15)7-8-14(16)12-18/h4-5,11-13,18H,2-3,7-8,10H2,1H3/b5-4+,14-12-,17-11+/t13-/m1/s1. The van der Waals surface area contributed by atoms with Crippen molar-refractivity contribution in [1.29, 1.82) is 0 Å². The summed E-state index contributed by atoms with van der Waals surface area (Å²) in [5, 5.41) is 8.34. The predicted molar refractivity (Wildman–Crippen MR) is 70.8 cm³/mol. The molecule has 1 atom stereocenters. The van der Waals surface area contributed by atoms with Crippen molar-refractivity contribution in [3.05, 3.63) is 24.2 Å². The van der Waals surface area contributed by atoms with Gasteiger partial charge in [-0.05, 0) is 18.9 Å². The van der Waals surface area contributed by atoms with Crippen molar-refractivity contribution >= 4 is 6.21 Å². The van der Waals surface area contributed by atoms with E-state index in [1.54, 1.807) is 6.08 Å². The molecular weight excluding hydrogens is 236 g/mol. The highest BCUT2D eigenvalue weighted by Crippen LogP contribution is 2.12. The summed E-state index contributed by atoms with van der Waals surface area (Å²) in [6.45, 7) is 1.46. The van der Waals surface area contributed by atoms with E-state index in [0.29, 0.717) is 6.26 Å². The Morgan fingerprint density at radius 3 is 2.89 bits per heavy atom. The number of alkyl halides is 1. The molecule has 0 aliphatic rings. The molecule has 0 radical (unpaired) electrons. The predicted octanol–water partition coefficient (Wildman–Crippen LogP) is 4.11. The first-order chi connectivity index (χ1) is 8.74. The molecular formula is C14H19F2NO. The number of halogens is 2. The zero-order valence-electron chi connectivity index (χ0n) is 10.6. The van der Waals surface area contributed by atoms with Crippen LogP contribution in [-0.2, 0) is 0 Å². The molecule has 0 heterocycles. The topological polar surface area (TPSA) is 32.6 Å². The maximum absolute atomic E-state index is 12.6. The van der Waals surface area contributed by atoms with Gasteiger partial charge in [-0.2, -0.15) is 0 Å². The molecule has 0 aliphatic heterocycles. The number of aliphatic hydroxyl groups excluding tert-OH is 1. The van der Waals surface area contributed by atoms with Gasteiger partial charge in [-0.1, -0.05) is 25.3 Å². The van der Waals surface area contributed by atoms with Crippen molar-refractivity contribution in [2.24, 2.45) is 10.9 Å². The summed E-state index contributed by atoms with van der Waals surface area (Å²) in [6, 6.07) is 2.52. The average molecular weight is 255 g/mol. The lowest BCUT2D eigenvalue weighted by molar-refractivity contribution is 0.392. The fourth-order valence-corrected chi connectivity index (χ4v) is 1.11. The Hall–Kier alpha value is -1.63. The monoisotopic (exact) mass is 255 g/mol. The van der Waals surface area contributed by atoms with Gasteiger partial charge in [-0.15, -0.1) is 0 Å². The van der Waals surface area contributed by atoms with Crippen molar-refractivity contribution in [2.45, 2.75) is 32.6 Å². The van der Waals surface area contributed by atoms with Gasteiger partial charge < -0.3 is 5.11 Å². The lowest BCUT2D eigenvalue weighted by Crippen LogP contribution is -2.04. The van der Waals surface area contributed by atoms with Gasteiger partial charge in [-0.25, -0.2) is 9.38 Å². The first-order valence-electron chi connectivity index (χ1n) is 5.98. The fraction of sp³-hybridized carbons (Fsp3) is 0.500. The number of aliphatic hydroxyl groups is 1. The first kappa shape index (κ1) is 16.4. The Morgan fingerprint density at radius 1 is 1.50 bits per heavy atom. The molecule has 1 N–H and O–H groups in total. The molecule has 0 rings (SSSR count). The van der Waals surface area contributed by atoms with Crippen LogP contribution in [0, 0.1) is 17.9 Å². The average Bonchev–Trinajstić information content (AvgIpc) is 2.40. The third-order valence-corrected chi connectivity index (χ3v) is 2.16. The summed E-state index contributed by atoms with van der Waals surface area (Å²) in [5.74, 6) is 1.57. The van der Waals surface area contributed by atoms with E-state index in [0.717, 1.165) is 12.8 Å². The van der Waals surface area contributed by atoms with Crippen molar-refractivity contribution in [3.8, 4) is 12.0 Å². The van der Waals surface area contributed by atoms with Crippen LogP contribution in [-0.4, -0.2) is 18.0 Å². The molecule has 4 heteroatoms. The Kier molecular flexibility index (Phi) is 10.8. The van der Waals surface area contributed by atoms with E-state index in [2.05, 4.69) is 23.9 Å². The second kappa shape index (κ2) is 11.8. The fourth-order valence-electron chi connectivity index (χ4n) is 1.11. The van der Waals surface area contributed by atoms with Crippen LogP contribution in [0.25, 0.3) is 0 Å². The van der Waals surface area contributed by atoms with Gasteiger partial charge in [0.05, 0.1) is 6.67 Å². The van der Waals surface area contributed by atoms with E-state index in [4.69, 9.17) is 5.11 Å². The summed E-state index contributed by atoms with van der Waals surface area (Å²) in [4.78, 5) is 3.76. The lowest BCUT2D eigenvalue weighted by atomic mass is 10.1. The molecule has 0 spiro atoms. The Labute approximate surface area is 107 Å². The molecule has 18 heavy (non-hydrogen) atoms. The third kappa shape index (κ3) is 9.59. The highest BCUT2D eigenvalue weighted by atomic mass is 19.1. The minimum Gasteiger partial charge on any atom is -0.513 e. The number of nitrogens with zero attached hydrogens (tertiary/aromatic N) is 1. The number of hydrogen-bond acceptors (Lipinski definition) is 2. The summed E-state index contributed by atoms with van der Waals surface area (Å²) < 4.78 is 25.1. The van der Waals surface area contributed by atoms with Gasteiger partial charge in [0.2, 0.25) is 0 Å². The summed E-state index contributed by atoms with van der Waals surface area (Å²) >= 11 is 0. The van der Waals surface area contributed by atoms with E-state index in [-0.39, 0.29) is 12.8 Å². The van der Waals surface area contributed by atoms with Crippen molar-refractivity contribution < 1.29 is 13.9 Å². The minimum atomic E-state index is -0.657. The first-order valence-corrected chi connectivity index (χ1v) is 5.98. The molecule has 2 nitrogen and oxygen atoms in total. The molecule has 0 unspecified atom stereocenters. The van der Waals surface area contributed by atoms with Crippen molar-refractivity contribution in [1.82, 2.24) is 0 Å². The number of allylic oxidation sites excluding steroid dienone is 3. The maximum Gasteiger partial charge on any atom is 0.134 e. The van der Waals surface area contributed by atoms with Gasteiger partial charge in [0, 0.05) is 24.6 Å². The lowest BCUT2D eigenvalue weighted by Gasteiger charge is -2.04. The largest absolute Gasteiger partial charge is 0.513 e. The van der Waals surface area contributed by atoms with E-state index < -0.39 is 18.4 Å². The van der Waals surface area contributed by atoms with Crippen LogP contribution in [0.15, 0.2) is 29.2 Å². The number of rotatable bonds is 7. The van der Waals surface area contributed by atoms with E-state index >= 15 is 0 Å². The van der Waals surface area contributed by atoms with Gasteiger partial charge in [-0.3, -0.25) is 4.39 Å². The van der Waals surface area contributed by atoms with Gasteiger partial charge in [0.15, 0.2) is 0 Å². The van der Waals surface area contributed by atoms with Crippen LogP contribution < -0.4 is 0 Å². The van der Waals surface area contributed by atoms with Gasteiger partial charge in [0.25, 0.3) is 0 Å². The number of unbranched alkanes of at least 4 members (excludes halogenated alkanes) is 1. The summed E-state index contributed by atoms with van der Waals surface area (Å²) in [5.41, 5.74) is 0. The Balaban J connectivity index is 4.04. The van der Waals surface area contributed by atoms with Crippen LogP contribution in [0.3, 0.4) is 0 Å². The third-order valence-electron chi connectivity index (χ3n) is 2.16. The second-order valence-corrected chi connectivity index (χ2v) is 3.75. The van der Waals surface area contributed by atoms with Gasteiger partial charge in [0.1, 0.15) is 12.1 Å². The van der Waals surface area contributed by atoms with Crippen LogP contribution in [0.2, 0.25) is 0 Å². The molecule has 0 saturated heterocycles. The molecule has 100 valence electrons. The Bertz CT molecular complexity index is 351. The van der Waals surface area contributed by atoms with Crippen LogP contribution in [0.5, 0.6) is 0 Å². The van der Waals surface area contributed by atoms with Crippen molar-refractivity contribution in [2.75, 3.05) is 6.67 Å². The second-order valence-electron chi connectivity index (χ2n) is 3.75. The van der Waals surface area contributed by atoms with Crippen LogP contribution >= 0.6 is 0 Å². The van der Waals surface area contributed by atoms with Crippen LogP contribution in [0.1, 0.15) is 32.6 Å². The van der Waals surface area contributed by atoms with Crippen molar-refractivity contribution in [3.63, 3.8) is 0 Å². The molecule has 0 aromatic heterocycles. The maximum atomic E-state index is 12.6. The summed E-state index contributed by atoms with van der Waals surface area (Å²) in [6.07, 6.45) is 7.72. The normalized spacial score (nSPS) is 13.8. The highest BCUT2D eigenvalue weighted by Gasteiger charge is 2.06. The quantitative estimate of drug-likeness (QED) is 0.414. The molecule has 0 amide bonds. The van der Waals surface area contributed by atoms with E-state index in [1.165, 1.54) is 6.21 Å². The SMILES string of the molecule is CCC/C=C/C#C/N=C/[C@@H](CF)CC/C(F)=C/O. The molecule has 0 aromatic rings. The zero-order valence-corrected chi connectivity index (χ0v) is 10.6. The number of hydrogen-bond donors (Lipinski definition) is 1. The minimum absolute atomic E-state index is 0.000931. The zero-order chi connectivity index (χ0) is 13.6. The molecule has 0 fully saturated rings. The summed E-state index contributed by atoms with van der Waals surface area (Å²) in [7, 11) is 0. The van der Waals surface area contributed by atoms with E-state index in [9.17, 15) is 8.78 Å². The Morgan fingerprint density at radius 2 is 2.28 bits per heavy atom. The molecule has 0 aromatic carbocycles. The van der Waals surface area contributed by atoms with Crippen LogP contribution in [0.4, 0.5) is 8.78 Å². The molecule has 0 saturated carbocycles. The number of aliphatic imine (C=N–C) groups is 1. The highest BCUT2D eigenvalue weighted by molar-refractivity contribution is 5.62.